The molecule has 1 aromatic heterocycles. The number of rotatable bonds is 3. The van der Waals surface area contributed by atoms with Crippen molar-refractivity contribution in [2.24, 2.45) is 0 Å². The summed E-state index contributed by atoms with van der Waals surface area (Å²) in [5.74, 6) is 0. The van der Waals surface area contributed by atoms with Crippen LogP contribution in [-0.2, 0) is 19.5 Å². The van der Waals surface area contributed by atoms with E-state index in [0.29, 0.717) is 12.6 Å². The summed E-state index contributed by atoms with van der Waals surface area (Å²) in [5.41, 5.74) is 3.84. The van der Waals surface area contributed by atoms with Gasteiger partial charge in [0.25, 0.3) is 0 Å². The number of amides is 2. The number of hydrogen-bond donors (Lipinski definition) is 0. The Bertz CT molecular complexity index is 572. The lowest BCUT2D eigenvalue weighted by Gasteiger charge is -2.30. The van der Waals surface area contributed by atoms with Crippen molar-refractivity contribution < 1.29 is 4.79 Å². The quantitative estimate of drug-likeness (QED) is 0.857. The Balaban J connectivity index is 1.85. The van der Waals surface area contributed by atoms with E-state index < -0.39 is 0 Å². The maximum absolute atomic E-state index is 12.3. The third kappa shape index (κ3) is 3.22. The monoisotopic (exact) mass is 319 g/mol. The van der Waals surface area contributed by atoms with Gasteiger partial charge in [-0.2, -0.15) is 5.10 Å². The van der Waals surface area contributed by atoms with Gasteiger partial charge < -0.3 is 9.80 Å². The highest BCUT2D eigenvalue weighted by molar-refractivity contribution is 5.74. The average molecular weight is 319 g/mol. The minimum atomic E-state index is 0.0910. The highest BCUT2D eigenvalue weighted by Gasteiger charge is 2.29. The van der Waals surface area contributed by atoms with E-state index in [1.807, 2.05) is 19.0 Å². The molecule has 6 nitrogen and oxygen atoms in total. The summed E-state index contributed by atoms with van der Waals surface area (Å²) in [4.78, 5) is 18.4. The minimum Gasteiger partial charge on any atom is -0.331 e. The largest absolute Gasteiger partial charge is 0.331 e. The number of carbonyl (C=O) groups excluding carboxylic acids is 1. The zero-order valence-corrected chi connectivity index (χ0v) is 14.9. The van der Waals surface area contributed by atoms with Crippen LogP contribution in [0.25, 0.3) is 0 Å². The van der Waals surface area contributed by atoms with Crippen LogP contribution < -0.4 is 0 Å². The second-order valence-corrected chi connectivity index (χ2v) is 7.24. The molecule has 0 aromatic carbocycles. The van der Waals surface area contributed by atoms with E-state index in [1.165, 1.54) is 42.9 Å². The van der Waals surface area contributed by atoms with Crippen LogP contribution in [0.5, 0.6) is 0 Å². The van der Waals surface area contributed by atoms with Crippen molar-refractivity contribution in [3.05, 3.63) is 17.0 Å². The third-order valence-electron chi connectivity index (χ3n) is 4.89. The number of aromatic nitrogens is 2. The fourth-order valence-corrected chi connectivity index (χ4v) is 3.67. The molecule has 0 spiro atoms. The minimum absolute atomic E-state index is 0.0910. The number of urea groups is 1. The van der Waals surface area contributed by atoms with Crippen molar-refractivity contribution >= 4 is 6.03 Å². The van der Waals surface area contributed by atoms with Gasteiger partial charge >= 0.3 is 6.03 Å². The second-order valence-electron chi connectivity index (χ2n) is 7.24. The van der Waals surface area contributed by atoms with Crippen LogP contribution in [0.2, 0.25) is 0 Å². The summed E-state index contributed by atoms with van der Waals surface area (Å²) in [5, 5.41) is 4.92. The summed E-state index contributed by atoms with van der Waals surface area (Å²) < 4.78 is 2.13. The van der Waals surface area contributed by atoms with Crippen molar-refractivity contribution in [2.45, 2.75) is 52.2 Å². The molecule has 2 aliphatic heterocycles. The van der Waals surface area contributed by atoms with Crippen LogP contribution in [0.15, 0.2) is 0 Å². The number of likely N-dealkylation sites (tertiary alicyclic amines) is 1. The molecule has 3 heterocycles. The van der Waals surface area contributed by atoms with Gasteiger partial charge in [0.15, 0.2) is 0 Å². The Labute approximate surface area is 139 Å². The van der Waals surface area contributed by atoms with Crippen molar-refractivity contribution in [1.29, 1.82) is 0 Å². The average Bonchev–Trinajstić information content (AvgIpc) is 3.14. The van der Waals surface area contributed by atoms with E-state index in [2.05, 4.69) is 23.4 Å². The normalized spacial score (nSPS) is 18.6. The molecule has 0 atom stereocenters. The van der Waals surface area contributed by atoms with Crippen LogP contribution in [0.4, 0.5) is 4.79 Å². The number of fused-ring (bicyclic) bond motifs is 1. The van der Waals surface area contributed by atoms with Gasteiger partial charge in [-0.25, -0.2) is 4.79 Å². The first kappa shape index (κ1) is 16.3. The summed E-state index contributed by atoms with van der Waals surface area (Å²) in [6, 6.07) is 0.415. The van der Waals surface area contributed by atoms with Crippen LogP contribution >= 0.6 is 0 Å². The molecule has 0 N–H and O–H groups in total. The number of carbonyl (C=O) groups is 1. The summed E-state index contributed by atoms with van der Waals surface area (Å²) >= 11 is 0. The SMILES string of the molecule is CC(C)n1nc(CN2CCCC2)c2c1CN(C(=O)N(C)C)CC2. The van der Waals surface area contributed by atoms with Crippen LogP contribution in [0, 0.1) is 0 Å². The molecule has 0 radical (unpaired) electrons. The Morgan fingerprint density at radius 1 is 1.22 bits per heavy atom. The molecular weight excluding hydrogens is 290 g/mol. The molecule has 1 fully saturated rings. The Hall–Kier alpha value is -1.56. The van der Waals surface area contributed by atoms with Crippen molar-refractivity contribution in [3.63, 3.8) is 0 Å². The van der Waals surface area contributed by atoms with Gasteiger partial charge in [-0.3, -0.25) is 9.58 Å². The molecular formula is C17H29N5O. The second kappa shape index (κ2) is 6.51. The fraction of sp³-hybridized carbons (Fsp3) is 0.765. The predicted molar refractivity (Wildman–Crippen MR) is 90.3 cm³/mol. The van der Waals surface area contributed by atoms with E-state index >= 15 is 0 Å². The lowest BCUT2D eigenvalue weighted by molar-refractivity contribution is 0.163. The van der Waals surface area contributed by atoms with Crippen LogP contribution in [0.3, 0.4) is 0 Å². The van der Waals surface area contributed by atoms with Gasteiger partial charge in [0.1, 0.15) is 0 Å². The lowest BCUT2D eigenvalue weighted by Crippen LogP contribution is -2.42. The molecule has 0 unspecified atom stereocenters. The summed E-state index contributed by atoms with van der Waals surface area (Å²) in [6.07, 6.45) is 3.53. The van der Waals surface area contributed by atoms with Gasteiger partial charge in [-0.05, 0) is 46.2 Å². The van der Waals surface area contributed by atoms with Gasteiger partial charge in [-0.15, -0.1) is 0 Å². The smallest absolute Gasteiger partial charge is 0.319 e. The number of hydrogen-bond acceptors (Lipinski definition) is 3. The first-order valence-corrected chi connectivity index (χ1v) is 8.75. The molecule has 1 saturated heterocycles. The molecule has 2 amide bonds. The van der Waals surface area contributed by atoms with Crippen molar-refractivity contribution in [3.8, 4) is 0 Å². The summed E-state index contributed by atoms with van der Waals surface area (Å²) in [7, 11) is 3.63. The molecule has 1 aromatic rings. The van der Waals surface area contributed by atoms with Gasteiger partial charge in [-0.1, -0.05) is 0 Å². The van der Waals surface area contributed by atoms with Crippen LogP contribution in [0.1, 0.15) is 49.7 Å². The predicted octanol–water partition coefficient (Wildman–Crippen LogP) is 2.10. The molecule has 0 bridgehead atoms. The van der Waals surface area contributed by atoms with Gasteiger partial charge in [0, 0.05) is 38.8 Å². The summed E-state index contributed by atoms with van der Waals surface area (Å²) in [6.45, 7) is 9.14. The van der Waals surface area contributed by atoms with E-state index in [0.717, 1.165) is 19.5 Å². The van der Waals surface area contributed by atoms with E-state index in [-0.39, 0.29) is 6.03 Å². The van der Waals surface area contributed by atoms with Crippen LogP contribution in [-0.4, -0.2) is 64.2 Å². The van der Waals surface area contributed by atoms with Crippen molar-refractivity contribution in [1.82, 2.24) is 24.5 Å². The Kier molecular flexibility index (Phi) is 4.62. The fourth-order valence-electron chi connectivity index (χ4n) is 3.67. The van der Waals surface area contributed by atoms with Gasteiger partial charge in [0.05, 0.1) is 17.9 Å². The molecule has 2 aliphatic rings. The Morgan fingerprint density at radius 2 is 1.91 bits per heavy atom. The molecule has 23 heavy (non-hydrogen) atoms. The first-order valence-electron chi connectivity index (χ1n) is 8.75. The van der Waals surface area contributed by atoms with E-state index in [4.69, 9.17) is 5.10 Å². The standard InChI is InChI=1S/C17H29N5O/c1-13(2)22-16-12-21(17(23)19(3)4)10-7-14(16)15(18-22)11-20-8-5-6-9-20/h13H,5-12H2,1-4H3. The van der Waals surface area contributed by atoms with E-state index in [9.17, 15) is 4.79 Å². The first-order chi connectivity index (χ1) is 11.0. The molecule has 0 saturated carbocycles. The highest BCUT2D eigenvalue weighted by Crippen LogP contribution is 2.27. The maximum Gasteiger partial charge on any atom is 0.319 e. The molecule has 128 valence electrons. The van der Waals surface area contributed by atoms with Crippen molar-refractivity contribution in [2.75, 3.05) is 33.7 Å². The van der Waals surface area contributed by atoms with Gasteiger partial charge in [0.2, 0.25) is 0 Å². The highest BCUT2D eigenvalue weighted by atomic mass is 16.2. The molecule has 3 rings (SSSR count). The zero-order chi connectivity index (χ0) is 16.6. The molecule has 0 aliphatic carbocycles. The topological polar surface area (TPSA) is 44.6 Å². The van der Waals surface area contributed by atoms with E-state index in [1.54, 1.807) is 4.90 Å². The maximum atomic E-state index is 12.3. The molecule has 6 heteroatoms. The zero-order valence-electron chi connectivity index (χ0n) is 14.9. The number of nitrogens with zero attached hydrogens (tertiary/aromatic N) is 5. The third-order valence-corrected chi connectivity index (χ3v) is 4.89. The lowest BCUT2D eigenvalue weighted by atomic mass is 10.0. The Morgan fingerprint density at radius 3 is 2.52 bits per heavy atom.